The molecule has 0 atom stereocenters. The number of aromatic nitrogens is 2. The van der Waals surface area contributed by atoms with Crippen LogP contribution >= 0.6 is 0 Å². The highest BCUT2D eigenvalue weighted by molar-refractivity contribution is 5.93. The molecule has 7 heteroatoms. The standard InChI is InChI=1S/C12H21N5O2/c1-4-16(7-6-11(13)15-19)12(18)10-8-9(3)14-17(10)5-2/h8,19H,4-7H2,1-3H3,(H2,13,15). The molecule has 106 valence electrons. The van der Waals surface area contributed by atoms with Crippen molar-refractivity contribution in [2.45, 2.75) is 33.7 Å². The van der Waals surface area contributed by atoms with Crippen LogP contribution in [-0.4, -0.2) is 44.7 Å². The first-order valence-electron chi connectivity index (χ1n) is 6.33. The number of oxime groups is 1. The predicted octanol–water partition coefficient (Wildman–Crippen LogP) is 0.810. The zero-order valence-electron chi connectivity index (χ0n) is 11.6. The Labute approximate surface area is 112 Å². The summed E-state index contributed by atoms with van der Waals surface area (Å²) >= 11 is 0. The third kappa shape index (κ3) is 3.70. The molecule has 0 saturated heterocycles. The van der Waals surface area contributed by atoms with Crippen LogP contribution in [0.5, 0.6) is 0 Å². The normalized spacial score (nSPS) is 11.6. The van der Waals surface area contributed by atoms with Crippen molar-refractivity contribution in [2.24, 2.45) is 10.9 Å². The van der Waals surface area contributed by atoms with Gasteiger partial charge in [0.2, 0.25) is 0 Å². The Morgan fingerprint density at radius 3 is 2.79 bits per heavy atom. The molecule has 0 fully saturated rings. The Hall–Kier alpha value is -2.05. The Morgan fingerprint density at radius 1 is 1.58 bits per heavy atom. The molecule has 1 rings (SSSR count). The van der Waals surface area contributed by atoms with Gasteiger partial charge in [0.25, 0.3) is 5.91 Å². The number of carbonyl (C=O) groups is 1. The van der Waals surface area contributed by atoms with Gasteiger partial charge in [0.15, 0.2) is 0 Å². The topological polar surface area (TPSA) is 96.7 Å². The minimum absolute atomic E-state index is 0.0873. The van der Waals surface area contributed by atoms with E-state index in [0.29, 0.717) is 31.7 Å². The molecule has 1 heterocycles. The highest BCUT2D eigenvalue weighted by Gasteiger charge is 2.19. The summed E-state index contributed by atoms with van der Waals surface area (Å²) in [5.41, 5.74) is 6.81. The highest BCUT2D eigenvalue weighted by Crippen LogP contribution is 2.08. The molecule has 0 bridgehead atoms. The van der Waals surface area contributed by atoms with Crippen LogP contribution in [0.1, 0.15) is 36.5 Å². The second kappa shape index (κ2) is 6.77. The molecule has 0 saturated carbocycles. The van der Waals surface area contributed by atoms with Crippen LogP contribution in [0.3, 0.4) is 0 Å². The lowest BCUT2D eigenvalue weighted by Crippen LogP contribution is -2.35. The Kier molecular flexibility index (Phi) is 5.35. The molecule has 0 radical (unpaired) electrons. The molecular formula is C12H21N5O2. The van der Waals surface area contributed by atoms with Crippen LogP contribution < -0.4 is 5.73 Å². The first kappa shape index (κ1) is 15.0. The van der Waals surface area contributed by atoms with E-state index in [2.05, 4.69) is 10.3 Å². The Bertz CT molecular complexity index is 467. The van der Waals surface area contributed by atoms with Crippen LogP contribution in [0.2, 0.25) is 0 Å². The van der Waals surface area contributed by atoms with Gasteiger partial charge in [-0.25, -0.2) is 0 Å². The number of hydrogen-bond donors (Lipinski definition) is 2. The van der Waals surface area contributed by atoms with Gasteiger partial charge in [-0.2, -0.15) is 5.10 Å². The molecule has 1 amide bonds. The molecule has 0 aliphatic heterocycles. The summed E-state index contributed by atoms with van der Waals surface area (Å²) in [6.07, 6.45) is 0.343. The summed E-state index contributed by atoms with van der Waals surface area (Å²) in [5.74, 6) is 0.0297. The van der Waals surface area contributed by atoms with Crippen molar-refractivity contribution >= 4 is 11.7 Å². The van der Waals surface area contributed by atoms with E-state index in [1.807, 2.05) is 20.8 Å². The van der Waals surface area contributed by atoms with Gasteiger partial charge >= 0.3 is 0 Å². The third-order valence-corrected chi connectivity index (χ3v) is 2.86. The van der Waals surface area contributed by atoms with E-state index < -0.39 is 0 Å². The van der Waals surface area contributed by atoms with Gasteiger partial charge in [-0.05, 0) is 26.8 Å². The molecule has 0 aliphatic rings. The van der Waals surface area contributed by atoms with E-state index in [-0.39, 0.29) is 11.7 Å². The minimum atomic E-state index is -0.0873. The van der Waals surface area contributed by atoms with Gasteiger partial charge in [0, 0.05) is 26.1 Å². The molecule has 1 aromatic heterocycles. The Morgan fingerprint density at radius 2 is 2.26 bits per heavy atom. The van der Waals surface area contributed by atoms with Gasteiger partial charge in [-0.3, -0.25) is 9.48 Å². The van der Waals surface area contributed by atoms with E-state index in [4.69, 9.17) is 10.9 Å². The first-order chi connectivity index (χ1) is 9.03. The van der Waals surface area contributed by atoms with Crippen molar-refractivity contribution in [3.05, 3.63) is 17.5 Å². The van der Waals surface area contributed by atoms with Crippen LogP contribution in [0, 0.1) is 6.92 Å². The SMILES string of the molecule is CCN(CCC(N)=NO)C(=O)c1cc(C)nn1CC. The fraction of sp³-hybridized carbons (Fsp3) is 0.583. The molecule has 1 aromatic rings. The zero-order valence-corrected chi connectivity index (χ0v) is 11.6. The summed E-state index contributed by atoms with van der Waals surface area (Å²) in [6, 6.07) is 1.78. The van der Waals surface area contributed by atoms with Crippen molar-refractivity contribution in [2.75, 3.05) is 13.1 Å². The number of hydrogen-bond acceptors (Lipinski definition) is 4. The molecule has 0 spiro atoms. The maximum Gasteiger partial charge on any atom is 0.272 e. The molecule has 0 unspecified atom stereocenters. The van der Waals surface area contributed by atoms with Gasteiger partial charge in [-0.1, -0.05) is 5.16 Å². The molecule has 0 aliphatic carbocycles. The maximum atomic E-state index is 12.4. The molecule has 19 heavy (non-hydrogen) atoms. The number of rotatable bonds is 6. The number of nitrogens with zero attached hydrogens (tertiary/aromatic N) is 4. The highest BCUT2D eigenvalue weighted by atomic mass is 16.4. The van der Waals surface area contributed by atoms with Gasteiger partial charge in [-0.15, -0.1) is 0 Å². The summed E-state index contributed by atoms with van der Waals surface area (Å²) in [5, 5.41) is 15.7. The maximum absolute atomic E-state index is 12.4. The molecule has 0 aromatic carbocycles. The van der Waals surface area contributed by atoms with E-state index >= 15 is 0 Å². The molecule has 3 N–H and O–H groups in total. The number of carbonyl (C=O) groups excluding carboxylic acids is 1. The van der Waals surface area contributed by atoms with Crippen molar-refractivity contribution in [1.82, 2.24) is 14.7 Å². The number of amidine groups is 1. The van der Waals surface area contributed by atoms with E-state index in [1.54, 1.807) is 15.6 Å². The smallest absolute Gasteiger partial charge is 0.272 e. The Balaban J connectivity index is 2.83. The largest absolute Gasteiger partial charge is 0.409 e. The van der Waals surface area contributed by atoms with E-state index in [1.165, 1.54) is 0 Å². The van der Waals surface area contributed by atoms with Crippen molar-refractivity contribution in [1.29, 1.82) is 0 Å². The zero-order chi connectivity index (χ0) is 14.4. The molecular weight excluding hydrogens is 246 g/mol. The van der Waals surface area contributed by atoms with Crippen molar-refractivity contribution < 1.29 is 10.0 Å². The summed E-state index contributed by atoms with van der Waals surface area (Å²) in [6.45, 7) is 7.31. The van der Waals surface area contributed by atoms with Gasteiger partial charge in [0.05, 0.1) is 5.69 Å². The minimum Gasteiger partial charge on any atom is -0.409 e. The number of aryl methyl sites for hydroxylation is 2. The van der Waals surface area contributed by atoms with Gasteiger partial charge in [0.1, 0.15) is 11.5 Å². The number of amides is 1. The van der Waals surface area contributed by atoms with E-state index in [9.17, 15) is 4.79 Å². The average Bonchev–Trinajstić information content (AvgIpc) is 2.79. The first-order valence-corrected chi connectivity index (χ1v) is 6.33. The molecule has 7 nitrogen and oxygen atoms in total. The van der Waals surface area contributed by atoms with Gasteiger partial charge < -0.3 is 15.8 Å². The van der Waals surface area contributed by atoms with Crippen LogP contribution in [0.15, 0.2) is 11.2 Å². The second-order valence-electron chi connectivity index (χ2n) is 4.21. The predicted molar refractivity (Wildman–Crippen MR) is 72.2 cm³/mol. The summed E-state index contributed by atoms with van der Waals surface area (Å²) in [7, 11) is 0. The third-order valence-electron chi connectivity index (χ3n) is 2.86. The lowest BCUT2D eigenvalue weighted by molar-refractivity contribution is 0.0756. The quantitative estimate of drug-likeness (QED) is 0.345. The fourth-order valence-corrected chi connectivity index (χ4v) is 1.82. The monoisotopic (exact) mass is 267 g/mol. The van der Waals surface area contributed by atoms with Crippen LogP contribution in [-0.2, 0) is 6.54 Å². The fourth-order valence-electron chi connectivity index (χ4n) is 1.82. The lowest BCUT2D eigenvalue weighted by Gasteiger charge is -2.20. The second-order valence-corrected chi connectivity index (χ2v) is 4.21. The van der Waals surface area contributed by atoms with Crippen LogP contribution in [0.4, 0.5) is 0 Å². The summed E-state index contributed by atoms with van der Waals surface area (Å²) < 4.78 is 1.68. The lowest BCUT2D eigenvalue weighted by atomic mass is 10.3. The van der Waals surface area contributed by atoms with E-state index in [0.717, 1.165) is 5.69 Å². The van der Waals surface area contributed by atoms with Crippen molar-refractivity contribution in [3.8, 4) is 0 Å². The van der Waals surface area contributed by atoms with Crippen LogP contribution in [0.25, 0.3) is 0 Å². The average molecular weight is 267 g/mol. The van der Waals surface area contributed by atoms with Crippen molar-refractivity contribution in [3.63, 3.8) is 0 Å². The number of nitrogens with two attached hydrogens (primary N) is 1. The summed E-state index contributed by atoms with van der Waals surface area (Å²) in [4.78, 5) is 14.0.